The molecule has 1 fully saturated rings. The standard InChI is InChI=1S/C18H28N2O2/c1-15(2)13-20(10-8-16-6-4-3-5-7-16)18(21)12-17-14-22-11-9-19-17/h3-7,15,17,19H,8-14H2,1-2H3. The minimum absolute atomic E-state index is 0.160. The van der Waals surface area contributed by atoms with Crippen molar-refractivity contribution in [3.8, 4) is 0 Å². The van der Waals surface area contributed by atoms with E-state index in [1.165, 1.54) is 5.56 Å². The fourth-order valence-corrected chi connectivity index (χ4v) is 2.76. The Morgan fingerprint density at radius 3 is 2.77 bits per heavy atom. The van der Waals surface area contributed by atoms with Gasteiger partial charge in [-0.1, -0.05) is 44.2 Å². The predicted octanol–water partition coefficient (Wildman–Crippen LogP) is 2.09. The fraction of sp³-hybridized carbons (Fsp3) is 0.611. The zero-order valence-electron chi connectivity index (χ0n) is 13.8. The van der Waals surface area contributed by atoms with Crippen molar-refractivity contribution in [2.24, 2.45) is 5.92 Å². The number of morpholine rings is 1. The summed E-state index contributed by atoms with van der Waals surface area (Å²) in [7, 11) is 0. The van der Waals surface area contributed by atoms with E-state index in [1.54, 1.807) is 0 Å². The highest BCUT2D eigenvalue weighted by Crippen LogP contribution is 2.08. The van der Waals surface area contributed by atoms with E-state index in [2.05, 4.69) is 31.3 Å². The number of ether oxygens (including phenoxy) is 1. The van der Waals surface area contributed by atoms with Crippen LogP contribution < -0.4 is 5.32 Å². The van der Waals surface area contributed by atoms with Gasteiger partial charge in [-0.3, -0.25) is 4.79 Å². The van der Waals surface area contributed by atoms with Gasteiger partial charge in [-0.15, -0.1) is 0 Å². The van der Waals surface area contributed by atoms with Crippen LogP contribution in [-0.2, 0) is 16.0 Å². The Hall–Kier alpha value is -1.39. The van der Waals surface area contributed by atoms with Gasteiger partial charge in [-0.25, -0.2) is 0 Å². The van der Waals surface area contributed by atoms with Gasteiger partial charge >= 0.3 is 0 Å². The lowest BCUT2D eigenvalue weighted by atomic mass is 10.1. The summed E-state index contributed by atoms with van der Waals surface area (Å²) < 4.78 is 5.44. The molecule has 4 heteroatoms. The van der Waals surface area contributed by atoms with E-state index in [1.807, 2.05) is 23.1 Å². The van der Waals surface area contributed by atoms with Crippen LogP contribution in [0, 0.1) is 5.92 Å². The summed E-state index contributed by atoms with van der Waals surface area (Å²) in [5.41, 5.74) is 1.28. The van der Waals surface area contributed by atoms with Crippen LogP contribution in [0.3, 0.4) is 0 Å². The second-order valence-corrected chi connectivity index (χ2v) is 6.40. The van der Waals surface area contributed by atoms with Crippen LogP contribution in [-0.4, -0.2) is 49.7 Å². The average Bonchev–Trinajstić information content (AvgIpc) is 2.53. The van der Waals surface area contributed by atoms with Crippen LogP contribution in [0.5, 0.6) is 0 Å². The van der Waals surface area contributed by atoms with Crippen LogP contribution in [0.25, 0.3) is 0 Å². The number of carbonyl (C=O) groups excluding carboxylic acids is 1. The maximum atomic E-state index is 12.6. The normalized spacial score (nSPS) is 18.4. The van der Waals surface area contributed by atoms with Gasteiger partial charge in [0.05, 0.1) is 13.2 Å². The zero-order valence-corrected chi connectivity index (χ0v) is 13.8. The van der Waals surface area contributed by atoms with E-state index in [0.29, 0.717) is 18.9 Å². The first-order chi connectivity index (χ1) is 10.6. The molecule has 22 heavy (non-hydrogen) atoms. The molecule has 1 unspecified atom stereocenters. The van der Waals surface area contributed by atoms with Crippen LogP contribution in [0.2, 0.25) is 0 Å². The first-order valence-electron chi connectivity index (χ1n) is 8.28. The van der Waals surface area contributed by atoms with Crippen LogP contribution in [0.1, 0.15) is 25.8 Å². The molecule has 1 N–H and O–H groups in total. The van der Waals surface area contributed by atoms with Gasteiger partial charge in [-0.2, -0.15) is 0 Å². The lowest BCUT2D eigenvalue weighted by molar-refractivity contribution is -0.133. The summed E-state index contributed by atoms with van der Waals surface area (Å²) in [6.45, 7) is 8.14. The number of nitrogens with one attached hydrogen (secondary N) is 1. The van der Waals surface area contributed by atoms with Crippen molar-refractivity contribution >= 4 is 5.91 Å². The first kappa shape index (κ1) is 17.0. The molecule has 1 saturated heterocycles. The Kier molecular flexibility index (Phi) is 6.87. The van der Waals surface area contributed by atoms with Crippen molar-refractivity contribution in [2.75, 3.05) is 32.8 Å². The molecule has 0 aromatic heterocycles. The van der Waals surface area contributed by atoms with E-state index < -0.39 is 0 Å². The molecule has 122 valence electrons. The number of hydrogen-bond acceptors (Lipinski definition) is 3. The molecule has 2 rings (SSSR count). The molecule has 0 spiro atoms. The summed E-state index contributed by atoms with van der Waals surface area (Å²) in [6, 6.07) is 10.5. The lowest BCUT2D eigenvalue weighted by Gasteiger charge is -2.29. The predicted molar refractivity (Wildman–Crippen MR) is 88.8 cm³/mol. The van der Waals surface area contributed by atoms with Gasteiger partial charge < -0.3 is 15.0 Å². The maximum Gasteiger partial charge on any atom is 0.224 e. The lowest BCUT2D eigenvalue weighted by Crippen LogP contribution is -2.46. The molecule has 0 bridgehead atoms. The molecular formula is C18H28N2O2. The first-order valence-corrected chi connectivity index (χ1v) is 8.28. The third kappa shape index (κ3) is 5.78. The molecule has 1 atom stereocenters. The molecule has 4 nitrogen and oxygen atoms in total. The number of rotatable bonds is 7. The molecule has 0 radical (unpaired) electrons. The summed E-state index contributed by atoms with van der Waals surface area (Å²) in [4.78, 5) is 14.6. The maximum absolute atomic E-state index is 12.6. The molecule has 1 amide bonds. The smallest absolute Gasteiger partial charge is 0.224 e. The largest absolute Gasteiger partial charge is 0.378 e. The van der Waals surface area contributed by atoms with E-state index in [9.17, 15) is 4.79 Å². The van der Waals surface area contributed by atoms with Gasteiger partial charge in [0, 0.05) is 32.1 Å². The molecule has 0 saturated carbocycles. The Morgan fingerprint density at radius 1 is 1.36 bits per heavy atom. The third-order valence-electron chi connectivity index (χ3n) is 3.87. The van der Waals surface area contributed by atoms with E-state index in [-0.39, 0.29) is 11.9 Å². The number of nitrogens with zero attached hydrogens (tertiary/aromatic N) is 1. The van der Waals surface area contributed by atoms with Gasteiger partial charge in [-0.05, 0) is 17.9 Å². The molecule has 1 heterocycles. The summed E-state index contributed by atoms with van der Waals surface area (Å²) in [5, 5.41) is 3.36. The summed E-state index contributed by atoms with van der Waals surface area (Å²) in [6.07, 6.45) is 1.44. The SMILES string of the molecule is CC(C)CN(CCc1ccccc1)C(=O)CC1COCCN1. The van der Waals surface area contributed by atoms with Gasteiger partial charge in [0.1, 0.15) is 0 Å². The second-order valence-electron chi connectivity index (χ2n) is 6.40. The Bertz CT molecular complexity index is 442. The van der Waals surface area contributed by atoms with Crippen molar-refractivity contribution in [2.45, 2.75) is 32.7 Å². The molecule has 0 aliphatic carbocycles. The summed E-state index contributed by atoms with van der Waals surface area (Å²) in [5.74, 6) is 0.711. The topological polar surface area (TPSA) is 41.6 Å². The molecule has 1 aromatic carbocycles. The van der Waals surface area contributed by atoms with Crippen molar-refractivity contribution in [3.63, 3.8) is 0 Å². The minimum atomic E-state index is 0.160. The molecule has 1 aromatic rings. The Morgan fingerprint density at radius 2 is 2.14 bits per heavy atom. The quantitative estimate of drug-likeness (QED) is 0.839. The zero-order chi connectivity index (χ0) is 15.8. The van der Waals surface area contributed by atoms with Gasteiger partial charge in [0.2, 0.25) is 5.91 Å². The van der Waals surface area contributed by atoms with Crippen molar-refractivity contribution < 1.29 is 9.53 Å². The molecule has 1 aliphatic heterocycles. The number of benzene rings is 1. The average molecular weight is 304 g/mol. The number of hydrogen-bond donors (Lipinski definition) is 1. The van der Waals surface area contributed by atoms with E-state index >= 15 is 0 Å². The fourth-order valence-electron chi connectivity index (χ4n) is 2.76. The highest BCUT2D eigenvalue weighted by atomic mass is 16.5. The van der Waals surface area contributed by atoms with Crippen LogP contribution in [0.4, 0.5) is 0 Å². The van der Waals surface area contributed by atoms with Gasteiger partial charge in [0.25, 0.3) is 0 Å². The van der Waals surface area contributed by atoms with E-state index in [0.717, 1.165) is 32.7 Å². The third-order valence-corrected chi connectivity index (χ3v) is 3.87. The molecular weight excluding hydrogens is 276 g/mol. The second kappa shape index (κ2) is 8.91. The highest BCUT2D eigenvalue weighted by Gasteiger charge is 2.21. The van der Waals surface area contributed by atoms with E-state index in [4.69, 9.17) is 4.74 Å². The minimum Gasteiger partial charge on any atom is -0.378 e. The molecule has 1 aliphatic rings. The Labute approximate surface area is 133 Å². The monoisotopic (exact) mass is 304 g/mol. The summed E-state index contributed by atoms with van der Waals surface area (Å²) >= 11 is 0. The van der Waals surface area contributed by atoms with Crippen LogP contribution in [0.15, 0.2) is 30.3 Å². The number of amides is 1. The Balaban J connectivity index is 1.88. The van der Waals surface area contributed by atoms with Crippen molar-refractivity contribution in [1.82, 2.24) is 10.2 Å². The van der Waals surface area contributed by atoms with Crippen molar-refractivity contribution in [3.05, 3.63) is 35.9 Å². The van der Waals surface area contributed by atoms with Crippen molar-refractivity contribution in [1.29, 1.82) is 0 Å². The number of carbonyl (C=O) groups is 1. The highest BCUT2D eigenvalue weighted by molar-refractivity contribution is 5.76. The van der Waals surface area contributed by atoms with Gasteiger partial charge in [0.15, 0.2) is 0 Å². The van der Waals surface area contributed by atoms with Crippen LogP contribution >= 0.6 is 0 Å².